The fourth-order valence-electron chi connectivity index (χ4n) is 2.73. The van der Waals surface area contributed by atoms with Gasteiger partial charge in [-0.1, -0.05) is 13.8 Å². The van der Waals surface area contributed by atoms with E-state index in [4.69, 9.17) is 10.5 Å². The zero-order chi connectivity index (χ0) is 15.5. The third kappa shape index (κ3) is 3.04. The first-order chi connectivity index (χ1) is 10.7. The lowest BCUT2D eigenvalue weighted by atomic mass is 10.2. The van der Waals surface area contributed by atoms with Crippen molar-refractivity contribution in [3.63, 3.8) is 0 Å². The van der Waals surface area contributed by atoms with E-state index < -0.39 is 0 Å². The van der Waals surface area contributed by atoms with E-state index >= 15 is 0 Å². The molecule has 120 valence electrons. The summed E-state index contributed by atoms with van der Waals surface area (Å²) in [6.45, 7) is 4.38. The lowest BCUT2D eigenvalue weighted by Crippen LogP contribution is -2.21. The number of anilines is 1. The van der Waals surface area contributed by atoms with Gasteiger partial charge in [0.05, 0.1) is 12.4 Å². The van der Waals surface area contributed by atoms with E-state index in [2.05, 4.69) is 28.8 Å². The van der Waals surface area contributed by atoms with Gasteiger partial charge < -0.3 is 10.5 Å². The molecule has 2 N–H and O–H groups in total. The molecule has 8 heteroatoms. The first-order valence-electron chi connectivity index (χ1n) is 7.52. The molecule has 0 saturated carbocycles. The Bertz CT molecular complexity index is 635. The highest BCUT2D eigenvalue weighted by Crippen LogP contribution is 2.38. The molecule has 2 aromatic heterocycles. The maximum absolute atomic E-state index is 6.30. The normalized spacial score (nSPS) is 25.1. The lowest BCUT2D eigenvalue weighted by Gasteiger charge is -2.17. The number of hydrogen-bond donors (Lipinski definition) is 1. The van der Waals surface area contributed by atoms with E-state index in [-0.39, 0.29) is 12.3 Å². The Kier molecular flexibility index (Phi) is 5.10. The highest BCUT2D eigenvalue weighted by Gasteiger charge is 2.36. The van der Waals surface area contributed by atoms with Crippen molar-refractivity contribution in [2.75, 3.05) is 23.0 Å². The molecule has 0 radical (unpaired) electrons. The standard InChI is InChI=1S/C14H21N5OS2/c1-3-21-6-9-10(22-4-2)5-11(20-9)19-8-18-12-13(15)16-7-17-14(12)19/h7-11H,3-6H2,1-2H3,(H2,15,16,17)/t9-,10-,11-/m1/s1. The van der Waals surface area contributed by atoms with Gasteiger partial charge in [0.1, 0.15) is 18.1 Å². The van der Waals surface area contributed by atoms with Crippen molar-refractivity contribution in [3.8, 4) is 0 Å². The van der Waals surface area contributed by atoms with Crippen LogP contribution in [0.25, 0.3) is 11.2 Å². The van der Waals surface area contributed by atoms with Crippen molar-refractivity contribution in [1.82, 2.24) is 19.5 Å². The summed E-state index contributed by atoms with van der Waals surface area (Å²) in [6, 6.07) is 0. The predicted molar refractivity (Wildman–Crippen MR) is 93.2 cm³/mol. The number of nitrogen functional groups attached to an aromatic ring is 1. The molecule has 22 heavy (non-hydrogen) atoms. The van der Waals surface area contributed by atoms with Gasteiger partial charge in [-0.05, 0) is 11.5 Å². The average Bonchev–Trinajstić information content (AvgIpc) is 3.10. The quantitative estimate of drug-likeness (QED) is 0.866. The van der Waals surface area contributed by atoms with Crippen LogP contribution < -0.4 is 5.73 Å². The number of ether oxygens (including phenoxy) is 1. The van der Waals surface area contributed by atoms with Gasteiger partial charge in [0, 0.05) is 17.4 Å². The maximum atomic E-state index is 6.30. The number of imidazole rings is 1. The summed E-state index contributed by atoms with van der Waals surface area (Å²) < 4.78 is 8.29. The molecule has 1 aliphatic rings. The molecule has 1 aliphatic heterocycles. The second-order valence-electron chi connectivity index (χ2n) is 5.10. The Morgan fingerprint density at radius 1 is 1.32 bits per heavy atom. The number of hydrogen-bond acceptors (Lipinski definition) is 7. The molecule has 6 nitrogen and oxygen atoms in total. The van der Waals surface area contributed by atoms with E-state index in [1.54, 1.807) is 6.33 Å². The van der Waals surface area contributed by atoms with Crippen LogP contribution in [-0.4, -0.2) is 48.1 Å². The molecule has 0 unspecified atom stereocenters. The third-order valence-electron chi connectivity index (χ3n) is 3.74. The summed E-state index contributed by atoms with van der Waals surface area (Å²) in [7, 11) is 0. The second kappa shape index (κ2) is 7.06. The zero-order valence-electron chi connectivity index (χ0n) is 12.8. The van der Waals surface area contributed by atoms with Crippen LogP contribution in [0.3, 0.4) is 0 Å². The third-order valence-corrected chi connectivity index (χ3v) is 5.97. The summed E-state index contributed by atoms with van der Waals surface area (Å²) >= 11 is 3.91. The Hall–Kier alpha value is -0.990. The predicted octanol–water partition coefficient (Wildman–Crippen LogP) is 2.57. The van der Waals surface area contributed by atoms with Crippen LogP contribution in [-0.2, 0) is 4.74 Å². The number of thioether (sulfide) groups is 2. The fraction of sp³-hybridized carbons (Fsp3) is 0.643. The Morgan fingerprint density at radius 2 is 2.18 bits per heavy atom. The first kappa shape index (κ1) is 15.9. The monoisotopic (exact) mass is 339 g/mol. The summed E-state index contributed by atoms with van der Waals surface area (Å²) in [6.07, 6.45) is 4.47. The highest BCUT2D eigenvalue weighted by molar-refractivity contribution is 8.00. The van der Waals surface area contributed by atoms with Gasteiger partial charge in [0.15, 0.2) is 11.5 Å². The fourth-order valence-corrected chi connectivity index (χ4v) is 4.73. The van der Waals surface area contributed by atoms with Crippen molar-refractivity contribution in [3.05, 3.63) is 12.7 Å². The largest absolute Gasteiger partial charge is 0.382 e. The summed E-state index contributed by atoms with van der Waals surface area (Å²) in [5.74, 6) is 3.67. The molecule has 1 saturated heterocycles. The minimum Gasteiger partial charge on any atom is -0.382 e. The van der Waals surface area contributed by atoms with Crippen LogP contribution in [0.15, 0.2) is 12.7 Å². The smallest absolute Gasteiger partial charge is 0.167 e. The van der Waals surface area contributed by atoms with Crippen LogP contribution in [0.5, 0.6) is 0 Å². The van der Waals surface area contributed by atoms with Crippen molar-refractivity contribution >= 4 is 40.5 Å². The molecule has 0 aromatic carbocycles. The molecule has 1 fully saturated rings. The van der Waals surface area contributed by atoms with Gasteiger partial charge in [-0.15, -0.1) is 0 Å². The van der Waals surface area contributed by atoms with Crippen LogP contribution >= 0.6 is 23.5 Å². The van der Waals surface area contributed by atoms with Crippen molar-refractivity contribution in [2.24, 2.45) is 0 Å². The van der Waals surface area contributed by atoms with Gasteiger partial charge in [0.2, 0.25) is 0 Å². The Labute approximate surface area is 138 Å². The van der Waals surface area contributed by atoms with Gasteiger partial charge >= 0.3 is 0 Å². The van der Waals surface area contributed by atoms with Gasteiger partial charge in [-0.3, -0.25) is 4.57 Å². The summed E-state index contributed by atoms with van der Waals surface area (Å²) in [4.78, 5) is 12.7. The lowest BCUT2D eigenvalue weighted by molar-refractivity contribution is 0.0159. The van der Waals surface area contributed by atoms with Crippen LogP contribution in [0.1, 0.15) is 26.5 Å². The minimum atomic E-state index is -0.0224. The molecule has 0 bridgehead atoms. The van der Waals surface area contributed by atoms with Crippen LogP contribution in [0, 0.1) is 0 Å². The zero-order valence-corrected chi connectivity index (χ0v) is 14.4. The van der Waals surface area contributed by atoms with Gasteiger partial charge in [-0.2, -0.15) is 23.5 Å². The number of nitrogens with two attached hydrogens (primary N) is 1. The van der Waals surface area contributed by atoms with Crippen molar-refractivity contribution in [2.45, 2.75) is 37.9 Å². The molecular formula is C14H21N5OS2. The van der Waals surface area contributed by atoms with Crippen LogP contribution in [0.4, 0.5) is 5.82 Å². The topological polar surface area (TPSA) is 78.9 Å². The molecule has 0 aliphatic carbocycles. The Morgan fingerprint density at radius 3 is 2.95 bits per heavy atom. The van der Waals surface area contributed by atoms with E-state index in [9.17, 15) is 0 Å². The molecule has 3 rings (SSSR count). The molecule has 3 atom stereocenters. The van der Waals surface area contributed by atoms with Gasteiger partial charge in [-0.25, -0.2) is 15.0 Å². The molecule has 0 amide bonds. The maximum Gasteiger partial charge on any atom is 0.167 e. The van der Waals surface area contributed by atoms with E-state index in [1.165, 1.54) is 6.33 Å². The minimum absolute atomic E-state index is 0.0224. The summed E-state index contributed by atoms with van der Waals surface area (Å²) in [5.41, 5.74) is 7.26. The Balaban J connectivity index is 1.83. The SMILES string of the molecule is CCSC[C@H]1O[C@@H](n2cnc3c(N)ncnc32)C[C@H]1SCC. The molecule has 2 aromatic rings. The van der Waals surface area contributed by atoms with E-state index in [1.807, 2.05) is 28.1 Å². The highest BCUT2D eigenvalue weighted by atomic mass is 32.2. The van der Waals surface area contributed by atoms with Crippen molar-refractivity contribution in [1.29, 1.82) is 0 Å². The van der Waals surface area contributed by atoms with Crippen molar-refractivity contribution < 1.29 is 4.74 Å². The van der Waals surface area contributed by atoms with E-state index in [0.29, 0.717) is 16.6 Å². The first-order valence-corrected chi connectivity index (χ1v) is 9.72. The molecule has 3 heterocycles. The number of nitrogens with zero attached hydrogens (tertiary/aromatic N) is 4. The molecular weight excluding hydrogens is 318 g/mol. The summed E-state index contributed by atoms with van der Waals surface area (Å²) in [5, 5.41) is 0.519. The van der Waals surface area contributed by atoms with Gasteiger partial charge in [0.25, 0.3) is 0 Å². The number of aromatic nitrogens is 4. The second-order valence-corrected chi connectivity index (χ2v) is 7.94. The van der Waals surface area contributed by atoms with Crippen LogP contribution in [0.2, 0.25) is 0 Å². The number of fused-ring (bicyclic) bond motifs is 1. The molecule has 0 spiro atoms. The number of rotatable bonds is 6. The van der Waals surface area contributed by atoms with E-state index in [0.717, 1.165) is 29.3 Å². The average molecular weight is 339 g/mol.